The number of hydrogen-bond donors (Lipinski definition) is 2. The quantitative estimate of drug-likeness (QED) is 0.777. The molecule has 0 saturated carbocycles. The SMILES string of the molecule is CN1CCc2c(N3CCC(N4CCNCC4)CC3)ccc(N)c2C1=O. The Kier molecular flexibility index (Phi) is 4.56. The molecule has 0 spiro atoms. The van der Waals surface area contributed by atoms with E-state index in [4.69, 9.17) is 5.73 Å². The van der Waals surface area contributed by atoms with Crippen LogP contribution < -0.4 is 16.0 Å². The smallest absolute Gasteiger partial charge is 0.256 e. The van der Waals surface area contributed by atoms with Gasteiger partial charge in [0.1, 0.15) is 0 Å². The maximum atomic E-state index is 12.5. The summed E-state index contributed by atoms with van der Waals surface area (Å²) in [6.45, 7) is 7.47. The lowest BCUT2D eigenvalue weighted by atomic mass is 9.93. The number of rotatable bonds is 2. The molecule has 0 aliphatic carbocycles. The molecule has 25 heavy (non-hydrogen) atoms. The summed E-state index contributed by atoms with van der Waals surface area (Å²) in [6.07, 6.45) is 3.30. The number of fused-ring (bicyclic) bond motifs is 1. The molecule has 1 amide bonds. The fourth-order valence-corrected chi connectivity index (χ4v) is 4.55. The lowest BCUT2D eigenvalue weighted by Gasteiger charge is -2.42. The molecule has 136 valence electrons. The fraction of sp³-hybridized carbons (Fsp3) is 0.632. The van der Waals surface area contributed by atoms with E-state index in [9.17, 15) is 4.79 Å². The lowest BCUT2D eigenvalue weighted by Crippen LogP contribution is -2.52. The second kappa shape index (κ2) is 6.84. The number of likely N-dealkylation sites (N-methyl/N-ethyl adjacent to an activating group) is 1. The minimum absolute atomic E-state index is 0.0660. The van der Waals surface area contributed by atoms with E-state index in [1.54, 1.807) is 4.90 Å². The van der Waals surface area contributed by atoms with Gasteiger partial charge in [-0.15, -0.1) is 0 Å². The molecule has 0 atom stereocenters. The highest BCUT2D eigenvalue weighted by molar-refractivity contribution is 6.03. The van der Waals surface area contributed by atoms with E-state index in [-0.39, 0.29) is 5.91 Å². The molecule has 0 radical (unpaired) electrons. The first-order chi connectivity index (χ1) is 12.1. The third-order valence-electron chi connectivity index (χ3n) is 6.05. The largest absolute Gasteiger partial charge is 0.398 e. The number of nitrogens with zero attached hydrogens (tertiary/aromatic N) is 3. The van der Waals surface area contributed by atoms with Crippen molar-refractivity contribution in [2.75, 3.05) is 63.5 Å². The average Bonchev–Trinajstić information content (AvgIpc) is 2.66. The summed E-state index contributed by atoms with van der Waals surface area (Å²) in [7, 11) is 1.86. The molecule has 2 fully saturated rings. The third-order valence-corrected chi connectivity index (χ3v) is 6.05. The fourth-order valence-electron chi connectivity index (χ4n) is 4.55. The third kappa shape index (κ3) is 3.09. The number of piperidine rings is 1. The van der Waals surface area contributed by atoms with Gasteiger partial charge in [0.05, 0.1) is 5.56 Å². The molecule has 3 aliphatic rings. The molecule has 1 aromatic rings. The predicted octanol–water partition coefficient (Wildman–Crippen LogP) is 0.771. The standard InChI is InChI=1S/C19H29N5O/c1-22-9-6-15-17(3-2-16(20)18(15)19(22)25)24-10-4-14(5-11-24)23-12-7-21-8-13-23/h2-3,14,21H,4-13,20H2,1H3. The summed E-state index contributed by atoms with van der Waals surface area (Å²) < 4.78 is 0. The van der Waals surface area contributed by atoms with E-state index in [1.165, 1.54) is 31.6 Å². The number of anilines is 2. The number of hydrogen-bond acceptors (Lipinski definition) is 5. The zero-order chi connectivity index (χ0) is 17.4. The molecule has 3 heterocycles. The van der Waals surface area contributed by atoms with Crippen molar-refractivity contribution in [2.45, 2.75) is 25.3 Å². The number of piperazine rings is 1. The first-order valence-electron chi connectivity index (χ1n) is 9.51. The Bertz CT molecular complexity index is 647. The van der Waals surface area contributed by atoms with Crippen LogP contribution in [0.1, 0.15) is 28.8 Å². The van der Waals surface area contributed by atoms with Gasteiger partial charge in [-0.25, -0.2) is 0 Å². The topological polar surface area (TPSA) is 64.8 Å². The van der Waals surface area contributed by atoms with Gasteiger partial charge in [-0.1, -0.05) is 0 Å². The molecule has 3 N–H and O–H groups in total. The van der Waals surface area contributed by atoms with Gasteiger partial charge >= 0.3 is 0 Å². The van der Waals surface area contributed by atoms with Crippen molar-refractivity contribution in [3.05, 3.63) is 23.3 Å². The van der Waals surface area contributed by atoms with Crippen LogP contribution in [0.2, 0.25) is 0 Å². The van der Waals surface area contributed by atoms with Gasteiger partial charge in [-0.3, -0.25) is 9.69 Å². The Morgan fingerprint density at radius 1 is 1.08 bits per heavy atom. The number of nitrogens with one attached hydrogen (secondary N) is 1. The summed E-state index contributed by atoms with van der Waals surface area (Å²) in [5.41, 5.74) is 9.86. The maximum Gasteiger partial charge on any atom is 0.256 e. The van der Waals surface area contributed by atoms with E-state index in [1.807, 2.05) is 13.1 Å². The molecule has 3 aliphatic heterocycles. The zero-order valence-corrected chi connectivity index (χ0v) is 15.1. The molecule has 6 nitrogen and oxygen atoms in total. The molecular weight excluding hydrogens is 314 g/mol. The van der Waals surface area contributed by atoms with E-state index >= 15 is 0 Å². The van der Waals surface area contributed by atoms with Crippen LogP contribution in [0, 0.1) is 0 Å². The van der Waals surface area contributed by atoms with E-state index < -0.39 is 0 Å². The molecule has 0 bridgehead atoms. The van der Waals surface area contributed by atoms with Crippen molar-refractivity contribution in [3.8, 4) is 0 Å². The highest BCUT2D eigenvalue weighted by atomic mass is 16.2. The summed E-state index contributed by atoms with van der Waals surface area (Å²) in [4.78, 5) is 19.4. The van der Waals surface area contributed by atoms with Gasteiger partial charge in [-0.2, -0.15) is 0 Å². The molecule has 0 aromatic heterocycles. The molecule has 4 rings (SSSR count). The maximum absolute atomic E-state index is 12.5. The molecular formula is C19H29N5O. The Hall–Kier alpha value is -1.79. The Labute approximate surface area is 149 Å². The molecule has 6 heteroatoms. The van der Waals surface area contributed by atoms with E-state index in [2.05, 4.69) is 21.2 Å². The number of carbonyl (C=O) groups excluding carboxylic acids is 1. The van der Waals surface area contributed by atoms with Gasteiger partial charge in [-0.05, 0) is 37.0 Å². The van der Waals surface area contributed by atoms with Crippen molar-refractivity contribution < 1.29 is 4.79 Å². The van der Waals surface area contributed by atoms with Crippen LogP contribution in [0.4, 0.5) is 11.4 Å². The highest BCUT2D eigenvalue weighted by Crippen LogP contribution is 2.34. The van der Waals surface area contributed by atoms with Crippen molar-refractivity contribution in [3.63, 3.8) is 0 Å². The average molecular weight is 343 g/mol. The summed E-state index contributed by atoms with van der Waals surface area (Å²) in [5, 5.41) is 3.44. The van der Waals surface area contributed by atoms with Crippen molar-refractivity contribution in [1.82, 2.24) is 15.1 Å². The first-order valence-corrected chi connectivity index (χ1v) is 9.51. The first kappa shape index (κ1) is 16.7. The number of amides is 1. The van der Waals surface area contributed by atoms with E-state index in [0.717, 1.165) is 50.3 Å². The second-order valence-electron chi connectivity index (χ2n) is 7.51. The van der Waals surface area contributed by atoms with Crippen LogP contribution in [-0.2, 0) is 6.42 Å². The molecule has 1 aromatic carbocycles. The van der Waals surface area contributed by atoms with Crippen molar-refractivity contribution in [1.29, 1.82) is 0 Å². The number of nitrogen functional groups attached to an aromatic ring is 1. The Morgan fingerprint density at radius 3 is 2.52 bits per heavy atom. The summed E-state index contributed by atoms with van der Waals surface area (Å²) >= 11 is 0. The summed E-state index contributed by atoms with van der Waals surface area (Å²) in [6, 6.07) is 4.74. The van der Waals surface area contributed by atoms with Crippen LogP contribution in [0.15, 0.2) is 12.1 Å². The van der Waals surface area contributed by atoms with Crippen LogP contribution >= 0.6 is 0 Å². The monoisotopic (exact) mass is 343 g/mol. The zero-order valence-electron chi connectivity index (χ0n) is 15.1. The van der Waals surface area contributed by atoms with Crippen molar-refractivity contribution >= 4 is 17.3 Å². The van der Waals surface area contributed by atoms with Crippen molar-refractivity contribution in [2.24, 2.45) is 0 Å². The summed E-state index contributed by atoms with van der Waals surface area (Å²) in [5.74, 6) is 0.0660. The van der Waals surface area contributed by atoms with Crippen LogP contribution in [-0.4, -0.2) is 74.6 Å². The predicted molar refractivity (Wildman–Crippen MR) is 101 cm³/mol. The number of carbonyl (C=O) groups is 1. The van der Waals surface area contributed by atoms with Gasteiger partial charge in [0.15, 0.2) is 0 Å². The normalized spacial score (nSPS) is 23.0. The highest BCUT2D eigenvalue weighted by Gasteiger charge is 2.30. The molecule has 2 saturated heterocycles. The van der Waals surface area contributed by atoms with Gasteiger partial charge in [0.25, 0.3) is 5.91 Å². The number of benzene rings is 1. The second-order valence-corrected chi connectivity index (χ2v) is 7.51. The van der Waals surface area contributed by atoms with Crippen LogP contribution in [0.3, 0.4) is 0 Å². The molecule has 0 unspecified atom stereocenters. The van der Waals surface area contributed by atoms with Crippen LogP contribution in [0.25, 0.3) is 0 Å². The van der Waals surface area contributed by atoms with E-state index in [0.29, 0.717) is 11.7 Å². The Morgan fingerprint density at radius 2 is 1.80 bits per heavy atom. The minimum Gasteiger partial charge on any atom is -0.398 e. The number of nitrogens with two attached hydrogens (primary N) is 1. The van der Waals surface area contributed by atoms with Crippen LogP contribution in [0.5, 0.6) is 0 Å². The lowest BCUT2D eigenvalue weighted by molar-refractivity contribution is 0.0782. The van der Waals surface area contributed by atoms with Gasteiger partial charge in [0, 0.05) is 70.3 Å². The minimum atomic E-state index is 0.0660. The van der Waals surface area contributed by atoms with Gasteiger partial charge < -0.3 is 20.9 Å². The Balaban J connectivity index is 1.51. The van der Waals surface area contributed by atoms with Gasteiger partial charge in [0.2, 0.25) is 0 Å².